The van der Waals surface area contributed by atoms with Gasteiger partial charge in [0.15, 0.2) is 5.69 Å². The minimum Gasteiger partial charge on any atom is -0.394 e. The zero-order valence-corrected chi connectivity index (χ0v) is 14.9. The molecule has 1 aromatic heterocycles. The van der Waals surface area contributed by atoms with Gasteiger partial charge in [0.1, 0.15) is 0 Å². The first kappa shape index (κ1) is 16.3. The van der Waals surface area contributed by atoms with Crippen molar-refractivity contribution >= 4 is 5.91 Å². The summed E-state index contributed by atoms with van der Waals surface area (Å²) < 4.78 is 1.94. The Hall–Kier alpha value is -2.14. The van der Waals surface area contributed by atoms with Crippen LogP contribution in [-0.4, -0.2) is 32.9 Å². The highest BCUT2D eigenvalue weighted by atomic mass is 16.3. The fourth-order valence-electron chi connectivity index (χ4n) is 3.93. The molecule has 1 fully saturated rings. The number of fused-ring (bicyclic) bond motifs is 1. The van der Waals surface area contributed by atoms with Crippen molar-refractivity contribution in [3.63, 3.8) is 0 Å². The van der Waals surface area contributed by atoms with Crippen LogP contribution in [-0.2, 0) is 12.8 Å². The maximum Gasteiger partial charge on any atom is 0.272 e. The summed E-state index contributed by atoms with van der Waals surface area (Å²) in [7, 11) is 0. The Balaban J connectivity index is 1.70. The van der Waals surface area contributed by atoms with Gasteiger partial charge in [0.25, 0.3) is 5.91 Å². The molecule has 5 heteroatoms. The molecule has 2 aliphatic rings. The van der Waals surface area contributed by atoms with E-state index in [1.807, 2.05) is 29.8 Å². The van der Waals surface area contributed by atoms with Crippen molar-refractivity contribution in [1.82, 2.24) is 15.1 Å². The molecule has 5 nitrogen and oxygen atoms in total. The van der Waals surface area contributed by atoms with E-state index in [1.165, 1.54) is 0 Å². The summed E-state index contributed by atoms with van der Waals surface area (Å²) >= 11 is 0. The lowest BCUT2D eigenvalue weighted by atomic mass is 9.96. The Morgan fingerprint density at radius 2 is 2.12 bits per heavy atom. The van der Waals surface area contributed by atoms with Gasteiger partial charge in [-0.15, -0.1) is 0 Å². The number of aliphatic hydroxyl groups excluding tert-OH is 1. The Kier molecular flexibility index (Phi) is 3.91. The molecule has 25 heavy (non-hydrogen) atoms. The number of rotatable bonds is 5. The zero-order chi connectivity index (χ0) is 17.6. The molecule has 4 rings (SSSR count). The lowest BCUT2D eigenvalue weighted by Gasteiger charge is -2.28. The van der Waals surface area contributed by atoms with E-state index in [0.29, 0.717) is 11.6 Å². The molecule has 1 heterocycles. The minimum absolute atomic E-state index is 0.0376. The summed E-state index contributed by atoms with van der Waals surface area (Å²) in [6, 6.07) is 8.12. The van der Waals surface area contributed by atoms with E-state index in [0.717, 1.165) is 54.6 Å². The summed E-state index contributed by atoms with van der Waals surface area (Å²) in [5.41, 5.74) is 4.37. The lowest BCUT2D eigenvalue weighted by molar-refractivity contribution is 0.0818. The van der Waals surface area contributed by atoms with Gasteiger partial charge in [-0.1, -0.05) is 18.2 Å². The van der Waals surface area contributed by atoms with Crippen LogP contribution in [0.25, 0.3) is 5.69 Å². The van der Waals surface area contributed by atoms with E-state index >= 15 is 0 Å². The summed E-state index contributed by atoms with van der Waals surface area (Å²) in [5.74, 6) is 0.210. The Bertz CT molecular complexity index is 822. The molecule has 1 aromatic carbocycles. The summed E-state index contributed by atoms with van der Waals surface area (Å²) in [5, 5.41) is 17.5. The standard InChI is InChI=1S/C20H25N3O2/c1-13-6-3-4-8-16(13)23-17-9-5-7-15(17)18(22-23)19(25)21-20(2,12-24)14-10-11-14/h3-4,6,8,14,24H,5,7,9-12H2,1-2H3,(H,21,25). The molecule has 1 unspecified atom stereocenters. The number of nitrogens with zero attached hydrogens (tertiary/aromatic N) is 2. The molecule has 1 atom stereocenters. The highest BCUT2D eigenvalue weighted by molar-refractivity contribution is 5.95. The average molecular weight is 339 g/mol. The van der Waals surface area contributed by atoms with E-state index in [1.54, 1.807) is 0 Å². The summed E-state index contributed by atoms with van der Waals surface area (Å²) in [6.45, 7) is 3.96. The number of aromatic nitrogens is 2. The number of nitrogens with one attached hydrogen (secondary N) is 1. The third kappa shape index (κ3) is 2.76. The van der Waals surface area contributed by atoms with Crippen molar-refractivity contribution in [2.45, 2.75) is 51.5 Å². The number of amides is 1. The molecular weight excluding hydrogens is 314 g/mol. The van der Waals surface area contributed by atoms with Crippen LogP contribution in [0.1, 0.15) is 53.5 Å². The number of aliphatic hydroxyl groups is 1. The highest BCUT2D eigenvalue weighted by Gasteiger charge is 2.43. The Labute approximate surface area is 148 Å². The van der Waals surface area contributed by atoms with Crippen molar-refractivity contribution < 1.29 is 9.90 Å². The second kappa shape index (κ2) is 5.99. The molecule has 132 valence electrons. The number of para-hydroxylation sites is 1. The van der Waals surface area contributed by atoms with Crippen LogP contribution in [0.3, 0.4) is 0 Å². The summed E-state index contributed by atoms with van der Waals surface area (Å²) in [4.78, 5) is 12.9. The van der Waals surface area contributed by atoms with E-state index in [2.05, 4.69) is 23.4 Å². The molecule has 1 saturated carbocycles. The number of carbonyl (C=O) groups excluding carboxylic acids is 1. The number of hydrogen-bond donors (Lipinski definition) is 2. The molecule has 2 aromatic rings. The molecular formula is C20H25N3O2. The van der Waals surface area contributed by atoms with Crippen molar-refractivity contribution in [3.8, 4) is 5.69 Å². The largest absolute Gasteiger partial charge is 0.394 e. The molecule has 0 bridgehead atoms. The number of benzene rings is 1. The van der Waals surface area contributed by atoms with E-state index in [-0.39, 0.29) is 12.5 Å². The van der Waals surface area contributed by atoms with Crippen LogP contribution in [0, 0.1) is 12.8 Å². The first-order valence-electron chi connectivity index (χ1n) is 9.13. The fraction of sp³-hybridized carbons (Fsp3) is 0.500. The molecule has 0 saturated heterocycles. The van der Waals surface area contributed by atoms with Crippen molar-refractivity contribution in [2.75, 3.05) is 6.61 Å². The van der Waals surface area contributed by atoms with E-state index < -0.39 is 5.54 Å². The van der Waals surface area contributed by atoms with E-state index in [9.17, 15) is 9.90 Å². The lowest BCUT2D eigenvalue weighted by Crippen LogP contribution is -2.51. The average Bonchev–Trinajstić information content (AvgIpc) is 3.25. The van der Waals surface area contributed by atoms with Gasteiger partial charge in [0.05, 0.1) is 17.8 Å². The van der Waals surface area contributed by atoms with Crippen LogP contribution >= 0.6 is 0 Å². The highest BCUT2D eigenvalue weighted by Crippen LogP contribution is 2.39. The van der Waals surface area contributed by atoms with Gasteiger partial charge in [-0.05, 0) is 63.5 Å². The van der Waals surface area contributed by atoms with Crippen molar-refractivity contribution in [2.24, 2.45) is 5.92 Å². The Morgan fingerprint density at radius 1 is 1.36 bits per heavy atom. The molecule has 0 radical (unpaired) electrons. The minimum atomic E-state index is -0.547. The quantitative estimate of drug-likeness (QED) is 0.880. The molecule has 0 spiro atoms. The van der Waals surface area contributed by atoms with Crippen LogP contribution in [0.2, 0.25) is 0 Å². The van der Waals surface area contributed by atoms with E-state index in [4.69, 9.17) is 0 Å². The van der Waals surface area contributed by atoms with Gasteiger partial charge in [-0.2, -0.15) is 5.10 Å². The monoisotopic (exact) mass is 339 g/mol. The smallest absolute Gasteiger partial charge is 0.272 e. The number of aryl methyl sites for hydroxylation is 1. The maximum absolute atomic E-state index is 12.9. The van der Waals surface area contributed by atoms with Crippen LogP contribution in [0.5, 0.6) is 0 Å². The maximum atomic E-state index is 12.9. The molecule has 2 N–H and O–H groups in total. The normalized spacial score (nSPS) is 18.7. The number of carbonyl (C=O) groups is 1. The second-order valence-corrected chi connectivity index (χ2v) is 7.63. The third-order valence-corrected chi connectivity index (χ3v) is 5.69. The second-order valence-electron chi connectivity index (χ2n) is 7.63. The third-order valence-electron chi connectivity index (χ3n) is 5.69. The van der Waals surface area contributed by atoms with Gasteiger partial charge >= 0.3 is 0 Å². The van der Waals surface area contributed by atoms with Crippen LogP contribution in [0.4, 0.5) is 0 Å². The van der Waals surface area contributed by atoms with Gasteiger partial charge in [-0.25, -0.2) is 4.68 Å². The van der Waals surface area contributed by atoms with Crippen molar-refractivity contribution in [1.29, 1.82) is 0 Å². The van der Waals surface area contributed by atoms with Gasteiger partial charge < -0.3 is 10.4 Å². The van der Waals surface area contributed by atoms with Crippen LogP contribution in [0.15, 0.2) is 24.3 Å². The zero-order valence-electron chi connectivity index (χ0n) is 14.9. The van der Waals surface area contributed by atoms with Gasteiger partial charge in [0.2, 0.25) is 0 Å². The van der Waals surface area contributed by atoms with Gasteiger partial charge in [0, 0.05) is 11.3 Å². The molecule has 2 aliphatic carbocycles. The topological polar surface area (TPSA) is 67.2 Å². The molecule has 1 amide bonds. The van der Waals surface area contributed by atoms with Crippen LogP contribution < -0.4 is 5.32 Å². The Morgan fingerprint density at radius 3 is 2.80 bits per heavy atom. The van der Waals surface area contributed by atoms with Crippen molar-refractivity contribution in [3.05, 3.63) is 46.8 Å². The first-order chi connectivity index (χ1) is 12.0. The van der Waals surface area contributed by atoms with Gasteiger partial charge in [-0.3, -0.25) is 4.79 Å². The first-order valence-corrected chi connectivity index (χ1v) is 9.13. The summed E-state index contributed by atoms with van der Waals surface area (Å²) in [6.07, 6.45) is 5.02. The SMILES string of the molecule is Cc1ccccc1-n1nc(C(=O)NC(C)(CO)C2CC2)c2c1CCC2. The molecule has 0 aliphatic heterocycles. The predicted molar refractivity (Wildman–Crippen MR) is 96.0 cm³/mol. The predicted octanol–water partition coefficient (Wildman–Crippen LogP) is 2.56. The fourth-order valence-corrected chi connectivity index (χ4v) is 3.93. The number of hydrogen-bond acceptors (Lipinski definition) is 3.